The summed E-state index contributed by atoms with van der Waals surface area (Å²) >= 11 is 0. The molecule has 0 bridgehead atoms. The topological polar surface area (TPSA) is 43.4 Å². The van der Waals surface area contributed by atoms with E-state index in [0.29, 0.717) is 24.0 Å². The predicted octanol–water partition coefficient (Wildman–Crippen LogP) is 4.84. The van der Waals surface area contributed by atoms with Crippen LogP contribution in [0.25, 0.3) is 0 Å². The first kappa shape index (κ1) is 16.8. The number of rotatable bonds is 1. The molecule has 5 aliphatic carbocycles. The Hall–Kier alpha value is -1.12. The molecule has 27 heavy (non-hydrogen) atoms. The first-order valence-electron chi connectivity index (χ1n) is 11.4. The number of ketones is 1. The van der Waals surface area contributed by atoms with Crippen molar-refractivity contribution in [3.05, 3.63) is 11.1 Å². The molecule has 0 aromatic carbocycles. The molecule has 1 heterocycles. The van der Waals surface area contributed by atoms with Crippen LogP contribution in [0.2, 0.25) is 0 Å². The molecule has 0 N–H and O–H groups in total. The van der Waals surface area contributed by atoms with Crippen LogP contribution in [-0.2, 0) is 14.3 Å². The molecule has 6 rings (SSSR count). The van der Waals surface area contributed by atoms with Gasteiger partial charge in [0.15, 0.2) is 0 Å². The Morgan fingerprint density at radius 1 is 1.15 bits per heavy atom. The fourth-order valence-corrected chi connectivity index (χ4v) is 9.01. The van der Waals surface area contributed by atoms with E-state index in [1.165, 1.54) is 31.3 Å². The van der Waals surface area contributed by atoms with Crippen molar-refractivity contribution in [2.45, 2.75) is 83.7 Å². The molecule has 3 saturated carbocycles. The van der Waals surface area contributed by atoms with Crippen molar-refractivity contribution in [2.75, 3.05) is 0 Å². The van der Waals surface area contributed by atoms with Gasteiger partial charge in [0.1, 0.15) is 11.4 Å². The SMILES string of the molecule is CC[C@@H]1CC2=C(CCC(=O)C2)C2CC[C@@]3(C)C(C4CC4[C@@]34CCC(=O)O4)C21. The van der Waals surface area contributed by atoms with Gasteiger partial charge in [0.25, 0.3) is 0 Å². The maximum atomic E-state index is 12.1. The van der Waals surface area contributed by atoms with Gasteiger partial charge in [-0.15, -0.1) is 0 Å². The first-order valence-corrected chi connectivity index (χ1v) is 11.4. The van der Waals surface area contributed by atoms with Crippen LogP contribution in [0, 0.1) is 40.9 Å². The average molecular weight is 369 g/mol. The lowest BCUT2D eigenvalue weighted by Gasteiger charge is -2.57. The number of esters is 1. The largest absolute Gasteiger partial charge is 0.458 e. The summed E-state index contributed by atoms with van der Waals surface area (Å²) in [4.78, 5) is 24.2. The lowest BCUT2D eigenvalue weighted by molar-refractivity contribution is -0.173. The van der Waals surface area contributed by atoms with Crippen molar-refractivity contribution < 1.29 is 14.3 Å². The third-order valence-electron chi connectivity index (χ3n) is 10.0. The van der Waals surface area contributed by atoms with Gasteiger partial charge in [0, 0.05) is 30.6 Å². The second-order valence-corrected chi connectivity index (χ2v) is 10.8. The smallest absolute Gasteiger partial charge is 0.306 e. The summed E-state index contributed by atoms with van der Waals surface area (Å²) in [6.45, 7) is 4.84. The summed E-state index contributed by atoms with van der Waals surface area (Å²) in [5.74, 6) is 4.85. The molecule has 1 saturated heterocycles. The number of hydrogen-bond acceptors (Lipinski definition) is 3. The summed E-state index contributed by atoms with van der Waals surface area (Å²) in [5, 5.41) is 0. The second-order valence-electron chi connectivity index (χ2n) is 10.8. The van der Waals surface area contributed by atoms with Gasteiger partial charge in [-0.05, 0) is 68.1 Å². The van der Waals surface area contributed by atoms with Gasteiger partial charge in [-0.1, -0.05) is 31.4 Å². The van der Waals surface area contributed by atoms with Gasteiger partial charge >= 0.3 is 5.97 Å². The molecule has 6 aliphatic rings. The van der Waals surface area contributed by atoms with Gasteiger partial charge in [-0.2, -0.15) is 0 Å². The zero-order chi connectivity index (χ0) is 18.6. The predicted molar refractivity (Wildman–Crippen MR) is 102 cm³/mol. The summed E-state index contributed by atoms with van der Waals surface area (Å²) in [7, 11) is 0. The number of hydrogen-bond donors (Lipinski definition) is 0. The minimum atomic E-state index is -0.139. The molecular formula is C24H32O3. The van der Waals surface area contributed by atoms with E-state index >= 15 is 0 Å². The van der Waals surface area contributed by atoms with Crippen molar-refractivity contribution in [3.8, 4) is 0 Å². The number of allylic oxidation sites excluding steroid dienone is 2. The molecule has 3 nitrogen and oxygen atoms in total. The van der Waals surface area contributed by atoms with E-state index in [2.05, 4.69) is 13.8 Å². The summed E-state index contributed by atoms with van der Waals surface area (Å²) < 4.78 is 6.21. The Kier molecular flexibility index (Phi) is 3.28. The third-order valence-corrected chi connectivity index (χ3v) is 10.0. The van der Waals surface area contributed by atoms with Crippen LogP contribution in [0.15, 0.2) is 11.1 Å². The van der Waals surface area contributed by atoms with E-state index in [1.54, 1.807) is 5.57 Å². The number of fused-ring (bicyclic) bond motifs is 8. The number of ether oxygens (including phenoxy) is 1. The number of carbonyl (C=O) groups is 2. The molecule has 0 aromatic heterocycles. The van der Waals surface area contributed by atoms with Crippen LogP contribution >= 0.6 is 0 Å². The van der Waals surface area contributed by atoms with E-state index in [9.17, 15) is 9.59 Å². The minimum Gasteiger partial charge on any atom is -0.458 e. The first-order chi connectivity index (χ1) is 13.0. The highest BCUT2D eigenvalue weighted by molar-refractivity contribution is 5.82. The second kappa shape index (κ2) is 5.27. The van der Waals surface area contributed by atoms with E-state index in [1.807, 2.05) is 0 Å². The van der Waals surface area contributed by atoms with Gasteiger partial charge < -0.3 is 4.74 Å². The van der Waals surface area contributed by atoms with Crippen molar-refractivity contribution in [2.24, 2.45) is 40.9 Å². The molecule has 0 aromatic rings. The van der Waals surface area contributed by atoms with Crippen molar-refractivity contribution in [1.82, 2.24) is 0 Å². The van der Waals surface area contributed by atoms with Crippen LogP contribution < -0.4 is 0 Å². The molecule has 5 unspecified atom stereocenters. The van der Waals surface area contributed by atoms with E-state index in [4.69, 9.17) is 4.74 Å². The molecule has 0 amide bonds. The normalized spacial score (nSPS) is 53.0. The molecular weight excluding hydrogens is 336 g/mol. The zero-order valence-electron chi connectivity index (χ0n) is 16.8. The van der Waals surface area contributed by atoms with Gasteiger partial charge in [0.05, 0.1) is 0 Å². The fourth-order valence-electron chi connectivity index (χ4n) is 9.01. The maximum absolute atomic E-state index is 12.1. The molecule has 4 fully saturated rings. The van der Waals surface area contributed by atoms with Crippen molar-refractivity contribution in [3.63, 3.8) is 0 Å². The highest BCUT2D eigenvalue weighted by atomic mass is 16.6. The minimum absolute atomic E-state index is 0.0520. The lowest BCUT2D eigenvalue weighted by Crippen LogP contribution is -2.55. The molecule has 3 heteroatoms. The maximum Gasteiger partial charge on any atom is 0.306 e. The Labute approximate surface area is 162 Å². The van der Waals surface area contributed by atoms with E-state index < -0.39 is 0 Å². The molecule has 0 radical (unpaired) electrons. The van der Waals surface area contributed by atoms with Crippen molar-refractivity contribution in [1.29, 1.82) is 0 Å². The van der Waals surface area contributed by atoms with Crippen LogP contribution in [0.3, 0.4) is 0 Å². The van der Waals surface area contributed by atoms with Gasteiger partial charge in [0.2, 0.25) is 0 Å². The van der Waals surface area contributed by atoms with E-state index in [0.717, 1.165) is 55.8 Å². The summed E-state index contributed by atoms with van der Waals surface area (Å²) in [6, 6.07) is 0. The van der Waals surface area contributed by atoms with Crippen LogP contribution in [0.5, 0.6) is 0 Å². The summed E-state index contributed by atoms with van der Waals surface area (Å²) in [6.07, 6.45) is 10.3. The molecule has 1 spiro atoms. The highest BCUT2D eigenvalue weighted by Gasteiger charge is 2.78. The van der Waals surface area contributed by atoms with Gasteiger partial charge in [-0.25, -0.2) is 0 Å². The van der Waals surface area contributed by atoms with Gasteiger partial charge in [-0.3, -0.25) is 9.59 Å². The Morgan fingerprint density at radius 3 is 2.74 bits per heavy atom. The Morgan fingerprint density at radius 2 is 2.00 bits per heavy atom. The lowest BCUT2D eigenvalue weighted by atomic mass is 9.48. The molecule has 8 atom stereocenters. The zero-order valence-corrected chi connectivity index (χ0v) is 16.8. The molecule has 146 valence electrons. The van der Waals surface area contributed by atoms with Crippen LogP contribution in [0.1, 0.15) is 78.1 Å². The third kappa shape index (κ3) is 1.94. The molecule has 1 aliphatic heterocycles. The van der Waals surface area contributed by atoms with Crippen LogP contribution in [-0.4, -0.2) is 17.4 Å². The highest BCUT2D eigenvalue weighted by Crippen LogP contribution is 2.78. The Balaban J connectivity index is 1.42. The number of carbonyl (C=O) groups excluding carboxylic acids is 2. The number of Topliss-reactive ketones (excluding diaryl/α,β-unsaturated/α-hetero) is 1. The fraction of sp³-hybridized carbons (Fsp3) is 0.833. The Bertz CT molecular complexity index is 766. The standard InChI is InChI=1S/C24H32O3/c1-3-13-10-14-11-15(25)4-5-16(14)17-6-8-23(2)22(21(13)17)18-12-19(18)24(23)9-7-20(26)27-24/h13,17-19,21-22H,3-12H2,1-2H3/t13-,17?,18?,19?,21?,22?,23+,24+/m1/s1. The summed E-state index contributed by atoms with van der Waals surface area (Å²) in [5.41, 5.74) is 3.26. The monoisotopic (exact) mass is 368 g/mol. The quantitative estimate of drug-likeness (QED) is 0.491. The van der Waals surface area contributed by atoms with Crippen LogP contribution in [0.4, 0.5) is 0 Å². The average Bonchev–Trinajstić information content (AvgIpc) is 3.29. The van der Waals surface area contributed by atoms with Crippen molar-refractivity contribution >= 4 is 11.8 Å². The van der Waals surface area contributed by atoms with E-state index in [-0.39, 0.29) is 17.0 Å².